The maximum Gasteiger partial charge on any atom is 0.223 e. The summed E-state index contributed by atoms with van der Waals surface area (Å²) in [5.41, 5.74) is 5.41. The second-order valence-corrected chi connectivity index (χ2v) is 8.02. The molecule has 1 fully saturated rings. The summed E-state index contributed by atoms with van der Waals surface area (Å²) in [6.45, 7) is 0.966. The fourth-order valence-corrected chi connectivity index (χ4v) is 4.71. The highest BCUT2D eigenvalue weighted by atomic mass is 16.2. The van der Waals surface area contributed by atoms with Crippen molar-refractivity contribution in [2.45, 2.75) is 37.8 Å². The number of hydrogen-bond acceptors (Lipinski definition) is 2. The summed E-state index contributed by atoms with van der Waals surface area (Å²) in [6.07, 6.45) is 8.60. The Morgan fingerprint density at radius 1 is 1.36 bits per heavy atom. The number of fused-ring (bicyclic) bond motifs is 2. The lowest BCUT2D eigenvalue weighted by Crippen LogP contribution is -2.43. The third kappa shape index (κ3) is 2.43. The molecule has 2 atom stereocenters. The Morgan fingerprint density at radius 2 is 2.20 bits per heavy atom. The molecule has 5 rings (SSSR count). The second-order valence-electron chi connectivity index (χ2n) is 8.02. The number of carbonyl (C=O) groups excluding carboxylic acids is 1. The highest BCUT2D eigenvalue weighted by Gasteiger charge is 2.35. The minimum Gasteiger partial charge on any atom is -0.361 e. The van der Waals surface area contributed by atoms with Crippen molar-refractivity contribution in [3.05, 3.63) is 41.6 Å². The van der Waals surface area contributed by atoms with Crippen LogP contribution < -0.4 is 0 Å². The lowest BCUT2D eigenvalue weighted by Gasteiger charge is -2.40. The lowest BCUT2D eigenvalue weighted by molar-refractivity contribution is -0.131. The first-order valence-corrected chi connectivity index (χ1v) is 9.39. The van der Waals surface area contributed by atoms with Gasteiger partial charge < -0.3 is 9.88 Å². The van der Waals surface area contributed by atoms with Gasteiger partial charge in [-0.3, -0.25) is 9.69 Å². The van der Waals surface area contributed by atoms with Crippen molar-refractivity contribution < 1.29 is 4.79 Å². The number of nitrogens with zero attached hydrogens (tertiary/aromatic N) is 2. The smallest absolute Gasteiger partial charge is 0.223 e. The van der Waals surface area contributed by atoms with E-state index in [9.17, 15) is 4.79 Å². The van der Waals surface area contributed by atoms with Crippen LogP contribution in [0.3, 0.4) is 0 Å². The van der Waals surface area contributed by atoms with E-state index in [0.717, 1.165) is 13.0 Å². The van der Waals surface area contributed by atoms with Crippen LogP contribution in [0.1, 0.15) is 30.4 Å². The Labute approximate surface area is 148 Å². The van der Waals surface area contributed by atoms with Gasteiger partial charge in [0.25, 0.3) is 0 Å². The van der Waals surface area contributed by atoms with Crippen LogP contribution in [0.15, 0.2) is 30.5 Å². The number of benzene rings is 1. The molecule has 4 nitrogen and oxygen atoms in total. The normalized spacial score (nSPS) is 25.6. The first kappa shape index (κ1) is 15.2. The minimum atomic E-state index is 0.299. The molecule has 0 bridgehead atoms. The van der Waals surface area contributed by atoms with Crippen molar-refractivity contribution in [2.75, 3.05) is 20.6 Å². The monoisotopic (exact) mass is 335 g/mol. The van der Waals surface area contributed by atoms with E-state index in [1.54, 1.807) is 0 Å². The van der Waals surface area contributed by atoms with Crippen LogP contribution in [0.2, 0.25) is 0 Å². The SMILES string of the molecule is CN(C(=O)C[C@@H]1C=C2c3cccc4[nH]cc(c34)C[C@H]2N(C)C1)C1CC1. The van der Waals surface area contributed by atoms with Gasteiger partial charge in [0.1, 0.15) is 0 Å². The summed E-state index contributed by atoms with van der Waals surface area (Å²) in [5.74, 6) is 0.605. The van der Waals surface area contributed by atoms with Gasteiger partial charge in [0.2, 0.25) is 5.91 Å². The zero-order valence-corrected chi connectivity index (χ0v) is 15.0. The number of nitrogens with one attached hydrogen (secondary N) is 1. The molecule has 1 aromatic carbocycles. The van der Waals surface area contributed by atoms with Crippen molar-refractivity contribution >= 4 is 22.4 Å². The molecule has 1 N–H and O–H groups in total. The molecule has 1 amide bonds. The van der Waals surface area contributed by atoms with Crippen LogP contribution in [-0.4, -0.2) is 53.4 Å². The molecular weight excluding hydrogens is 310 g/mol. The van der Waals surface area contributed by atoms with Gasteiger partial charge in [-0.05, 0) is 55.0 Å². The molecule has 0 unspecified atom stereocenters. The number of likely N-dealkylation sites (N-methyl/N-ethyl adjacent to an activating group) is 1. The number of aromatic amines is 1. The zero-order chi connectivity index (χ0) is 17.1. The summed E-state index contributed by atoms with van der Waals surface area (Å²) in [7, 11) is 4.17. The number of carbonyl (C=O) groups is 1. The van der Waals surface area contributed by atoms with Gasteiger partial charge in [-0.15, -0.1) is 0 Å². The average molecular weight is 335 g/mol. The Bertz CT molecular complexity index is 876. The zero-order valence-electron chi connectivity index (χ0n) is 15.0. The number of hydrogen-bond donors (Lipinski definition) is 1. The first-order chi connectivity index (χ1) is 12.1. The Kier molecular flexibility index (Phi) is 3.32. The van der Waals surface area contributed by atoms with Crippen molar-refractivity contribution in [2.24, 2.45) is 5.92 Å². The number of aromatic nitrogens is 1. The molecule has 1 aliphatic heterocycles. The molecule has 2 heterocycles. The van der Waals surface area contributed by atoms with Crippen LogP contribution >= 0.6 is 0 Å². The third-order valence-corrected chi connectivity index (χ3v) is 6.27. The lowest BCUT2D eigenvalue weighted by atomic mass is 9.79. The summed E-state index contributed by atoms with van der Waals surface area (Å²) in [4.78, 5) is 20.4. The van der Waals surface area contributed by atoms with Gasteiger partial charge in [-0.25, -0.2) is 0 Å². The van der Waals surface area contributed by atoms with Gasteiger partial charge in [-0.1, -0.05) is 18.2 Å². The molecule has 2 aliphatic carbocycles. The summed E-state index contributed by atoms with van der Waals surface area (Å²) >= 11 is 0. The number of H-pyrrole nitrogens is 1. The van der Waals surface area contributed by atoms with E-state index in [4.69, 9.17) is 0 Å². The molecular formula is C21H25N3O. The summed E-state index contributed by atoms with van der Waals surface area (Å²) < 4.78 is 0. The van der Waals surface area contributed by atoms with Gasteiger partial charge in [0.15, 0.2) is 0 Å². The topological polar surface area (TPSA) is 39.3 Å². The molecule has 0 saturated heterocycles. The van der Waals surface area contributed by atoms with E-state index in [2.05, 4.69) is 47.4 Å². The first-order valence-electron chi connectivity index (χ1n) is 9.39. The Morgan fingerprint density at radius 3 is 3.00 bits per heavy atom. The number of rotatable bonds is 3. The summed E-state index contributed by atoms with van der Waals surface area (Å²) in [5, 5.41) is 1.38. The van der Waals surface area contributed by atoms with E-state index in [0.29, 0.717) is 30.3 Å². The van der Waals surface area contributed by atoms with Crippen molar-refractivity contribution in [3.63, 3.8) is 0 Å². The van der Waals surface area contributed by atoms with Gasteiger partial charge in [-0.2, -0.15) is 0 Å². The summed E-state index contributed by atoms with van der Waals surface area (Å²) in [6, 6.07) is 7.46. The molecule has 1 aromatic heterocycles. The largest absolute Gasteiger partial charge is 0.361 e. The molecule has 25 heavy (non-hydrogen) atoms. The van der Waals surface area contributed by atoms with Crippen molar-refractivity contribution in [1.82, 2.24) is 14.8 Å². The molecule has 0 radical (unpaired) electrons. The van der Waals surface area contributed by atoms with E-state index in [1.165, 1.54) is 40.4 Å². The maximum absolute atomic E-state index is 12.6. The van der Waals surface area contributed by atoms with E-state index in [1.807, 2.05) is 11.9 Å². The molecule has 2 aromatic rings. The van der Waals surface area contributed by atoms with Crippen LogP contribution in [0, 0.1) is 5.92 Å². The average Bonchev–Trinajstić information content (AvgIpc) is 3.37. The highest BCUT2D eigenvalue weighted by Crippen LogP contribution is 2.41. The van der Waals surface area contributed by atoms with Crippen molar-refractivity contribution in [1.29, 1.82) is 0 Å². The van der Waals surface area contributed by atoms with Crippen LogP contribution in [0.25, 0.3) is 16.5 Å². The predicted molar refractivity (Wildman–Crippen MR) is 100 cm³/mol. The van der Waals surface area contributed by atoms with Gasteiger partial charge in [0, 0.05) is 49.2 Å². The molecule has 130 valence electrons. The quantitative estimate of drug-likeness (QED) is 0.936. The molecule has 4 heteroatoms. The van der Waals surface area contributed by atoms with E-state index >= 15 is 0 Å². The number of amides is 1. The Balaban J connectivity index is 1.49. The third-order valence-electron chi connectivity index (χ3n) is 6.27. The van der Waals surface area contributed by atoms with Crippen molar-refractivity contribution in [3.8, 4) is 0 Å². The fourth-order valence-electron chi connectivity index (χ4n) is 4.71. The van der Waals surface area contributed by atoms with Crippen LogP contribution in [0.4, 0.5) is 0 Å². The van der Waals surface area contributed by atoms with Crippen LogP contribution in [0.5, 0.6) is 0 Å². The fraction of sp³-hybridized carbons (Fsp3) is 0.476. The van der Waals surface area contributed by atoms with E-state index in [-0.39, 0.29) is 0 Å². The molecule has 1 saturated carbocycles. The molecule has 0 spiro atoms. The highest BCUT2D eigenvalue weighted by molar-refractivity contribution is 5.98. The maximum atomic E-state index is 12.6. The van der Waals surface area contributed by atoms with Crippen LogP contribution in [-0.2, 0) is 11.2 Å². The Hall–Kier alpha value is -2.07. The van der Waals surface area contributed by atoms with E-state index < -0.39 is 0 Å². The standard InChI is InChI=1S/C21H25N3O/c1-23-12-13(9-20(25)24(2)15-6-7-15)8-17-16-4-3-5-18-21(16)14(11-22-18)10-19(17)23/h3-5,8,11,13,15,19,22H,6-7,9-10,12H2,1-2H3/t13-,19+/m0/s1. The minimum absolute atomic E-state index is 0.299. The predicted octanol–water partition coefficient (Wildman–Crippen LogP) is 3.05. The van der Waals surface area contributed by atoms with Gasteiger partial charge >= 0.3 is 0 Å². The van der Waals surface area contributed by atoms with Gasteiger partial charge in [0.05, 0.1) is 0 Å². The molecule has 3 aliphatic rings. The second kappa shape index (κ2) is 5.46.